The summed E-state index contributed by atoms with van der Waals surface area (Å²) in [6.07, 6.45) is 4.82. The Morgan fingerprint density at radius 3 is 3.00 bits per heavy atom. The fourth-order valence-electron chi connectivity index (χ4n) is 2.10. The highest BCUT2D eigenvalue weighted by molar-refractivity contribution is 5.76. The number of hydrogen-bond acceptors (Lipinski definition) is 3. The van der Waals surface area contributed by atoms with E-state index < -0.39 is 0 Å². The molecule has 1 fully saturated rings. The zero-order valence-corrected chi connectivity index (χ0v) is 12.9. The van der Waals surface area contributed by atoms with Crippen molar-refractivity contribution in [2.24, 2.45) is 0 Å². The lowest BCUT2D eigenvalue weighted by Crippen LogP contribution is -2.26. The van der Waals surface area contributed by atoms with Crippen molar-refractivity contribution in [3.05, 3.63) is 29.8 Å². The normalized spacial score (nSPS) is 14.0. The summed E-state index contributed by atoms with van der Waals surface area (Å²) in [6.45, 7) is 4.53. The van der Waals surface area contributed by atoms with Crippen LogP contribution in [0.5, 0.6) is 5.75 Å². The Morgan fingerprint density at radius 2 is 2.24 bits per heavy atom. The van der Waals surface area contributed by atoms with Crippen molar-refractivity contribution in [1.29, 1.82) is 0 Å². The van der Waals surface area contributed by atoms with Crippen molar-refractivity contribution < 1.29 is 9.53 Å². The van der Waals surface area contributed by atoms with Crippen LogP contribution < -0.4 is 15.4 Å². The molecule has 21 heavy (non-hydrogen) atoms. The Bertz CT molecular complexity index is 444. The van der Waals surface area contributed by atoms with Crippen molar-refractivity contribution in [2.45, 2.75) is 51.6 Å². The van der Waals surface area contributed by atoms with Gasteiger partial charge in [0.25, 0.3) is 0 Å². The van der Waals surface area contributed by atoms with E-state index >= 15 is 0 Å². The number of amides is 1. The Balaban J connectivity index is 1.58. The van der Waals surface area contributed by atoms with E-state index in [1.807, 2.05) is 12.1 Å². The summed E-state index contributed by atoms with van der Waals surface area (Å²) in [5, 5.41) is 6.38. The maximum atomic E-state index is 11.5. The third kappa shape index (κ3) is 6.63. The van der Waals surface area contributed by atoms with Gasteiger partial charge in [-0.15, -0.1) is 0 Å². The molecular formula is C17H26N2O2. The second-order valence-electron chi connectivity index (χ2n) is 5.62. The Kier molecular flexibility index (Phi) is 6.54. The quantitative estimate of drug-likeness (QED) is 0.651. The molecule has 0 saturated heterocycles. The molecule has 0 unspecified atom stereocenters. The molecule has 4 nitrogen and oxygen atoms in total. The first-order valence-corrected chi connectivity index (χ1v) is 7.99. The van der Waals surface area contributed by atoms with E-state index in [0.717, 1.165) is 51.1 Å². The van der Waals surface area contributed by atoms with Crippen LogP contribution in [0.4, 0.5) is 0 Å². The third-order valence-electron chi connectivity index (χ3n) is 3.40. The zero-order valence-electron chi connectivity index (χ0n) is 12.9. The molecular weight excluding hydrogens is 264 g/mol. The van der Waals surface area contributed by atoms with E-state index in [1.54, 1.807) is 0 Å². The van der Waals surface area contributed by atoms with Crippen LogP contribution in [0.2, 0.25) is 0 Å². The molecule has 0 aliphatic heterocycles. The molecule has 0 bridgehead atoms. The van der Waals surface area contributed by atoms with Crippen molar-refractivity contribution >= 4 is 5.91 Å². The first-order chi connectivity index (χ1) is 10.3. The zero-order chi connectivity index (χ0) is 14.9. The first-order valence-electron chi connectivity index (χ1n) is 7.99. The highest BCUT2D eigenvalue weighted by Gasteiger charge is 2.22. The smallest absolute Gasteiger partial charge is 0.220 e. The van der Waals surface area contributed by atoms with E-state index in [0.29, 0.717) is 12.5 Å². The fraction of sp³-hybridized carbons (Fsp3) is 0.588. The van der Waals surface area contributed by atoms with Crippen LogP contribution in [0.25, 0.3) is 0 Å². The minimum absolute atomic E-state index is 0.189. The molecule has 1 aliphatic rings. The largest absolute Gasteiger partial charge is 0.494 e. The van der Waals surface area contributed by atoms with Gasteiger partial charge >= 0.3 is 0 Å². The van der Waals surface area contributed by atoms with Gasteiger partial charge in [-0.05, 0) is 49.9 Å². The Morgan fingerprint density at radius 1 is 1.38 bits per heavy atom. The van der Waals surface area contributed by atoms with Crippen LogP contribution in [0.3, 0.4) is 0 Å². The number of carbonyl (C=O) groups excluding carboxylic acids is 1. The van der Waals surface area contributed by atoms with Gasteiger partial charge in [0.2, 0.25) is 5.91 Å². The fourth-order valence-corrected chi connectivity index (χ4v) is 2.10. The molecule has 1 saturated carbocycles. The molecule has 1 amide bonds. The molecule has 2 rings (SSSR count). The molecule has 1 aromatic rings. The lowest BCUT2D eigenvalue weighted by Gasteiger charge is -2.08. The average molecular weight is 290 g/mol. The van der Waals surface area contributed by atoms with E-state index in [4.69, 9.17) is 4.74 Å². The predicted molar refractivity (Wildman–Crippen MR) is 84.3 cm³/mol. The number of hydrogen-bond donors (Lipinski definition) is 2. The van der Waals surface area contributed by atoms with Gasteiger partial charge in [0.05, 0.1) is 6.61 Å². The maximum Gasteiger partial charge on any atom is 0.220 e. The monoisotopic (exact) mass is 290 g/mol. The number of rotatable bonds is 10. The minimum atomic E-state index is 0.189. The van der Waals surface area contributed by atoms with Gasteiger partial charge in [0.15, 0.2) is 0 Å². The van der Waals surface area contributed by atoms with Crippen molar-refractivity contribution in [1.82, 2.24) is 10.6 Å². The highest BCUT2D eigenvalue weighted by Crippen LogP contribution is 2.18. The van der Waals surface area contributed by atoms with Gasteiger partial charge in [0.1, 0.15) is 5.75 Å². The van der Waals surface area contributed by atoms with Crippen molar-refractivity contribution in [2.75, 3.05) is 13.2 Å². The minimum Gasteiger partial charge on any atom is -0.494 e. The molecule has 0 heterocycles. The lowest BCUT2D eigenvalue weighted by molar-refractivity contribution is -0.121. The van der Waals surface area contributed by atoms with Crippen molar-refractivity contribution in [3.63, 3.8) is 0 Å². The number of benzene rings is 1. The second-order valence-corrected chi connectivity index (χ2v) is 5.62. The molecule has 116 valence electrons. The Hall–Kier alpha value is -1.55. The molecule has 0 aromatic heterocycles. The van der Waals surface area contributed by atoms with Crippen molar-refractivity contribution in [3.8, 4) is 5.75 Å². The van der Waals surface area contributed by atoms with Crippen LogP contribution in [-0.4, -0.2) is 25.1 Å². The SMILES string of the molecule is CCCOc1cccc(CNCCCC(=O)NC2CC2)c1. The molecule has 4 heteroatoms. The van der Waals surface area contributed by atoms with Gasteiger partial charge in [-0.3, -0.25) is 4.79 Å². The van der Waals surface area contributed by atoms with Crippen LogP contribution in [0.1, 0.15) is 44.6 Å². The summed E-state index contributed by atoms with van der Waals surface area (Å²) < 4.78 is 5.62. The standard InChI is InChI=1S/C17H26N2O2/c1-2-11-21-16-6-3-5-14(12-16)13-18-10-4-7-17(20)19-15-8-9-15/h3,5-6,12,15,18H,2,4,7-11,13H2,1H3,(H,19,20). The second kappa shape index (κ2) is 8.67. The van der Waals surface area contributed by atoms with E-state index in [9.17, 15) is 4.79 Å². The third-order valence-corrected chi connectivity index (χ3v) is 3.40. The van der Waals surface area contributed by atoms with Crippen LogP contribution >= 0.6 is 0 Å². The average Bonchev–Trinajstić information content (AvgIpc) is 3.29. The summed E-state index contributed by atoms with van der Waals surface area (Å²) in [7, 11) is 0. The molecule has 1 aromatic carbocycles. The maximum absolute atomic E-state index is 11.5. The summed E-state index contributed by atoms with van der Waals surface area (Å²) >= 11 is 0. The predicted octanol–water partition coefficient (Wildman–Crippen LogP) is 2.62. The van der Waals surface area contributed by atoms with Gasteiger partial charge in [-0.25, -0.2) is 0 Å². The molecule has 1 aliphatic carbocycles. The van der Waals surface area contributed by atoms with Gasteiger partial charge in [-0.1, -0.05) is 19.1 Å². The number of ether oxygens (including phenoxy) is 1. The lowest BCUT2D eigenvalue weighted by atomic mass is 10.2. The number of carbonyl (C=O) groups is 1. The van der Waals surface area contributed by atoms with Crippen LogP contribution in [0, 0.1) is 0 Å². The van der Waals surface area contributed by atoms with Gasteiger partial charge in [0, 0.05) is 19.0 Å². The Labute approximate surface area is 127 Å². The number of nitrogens with one attached hydrogen (secondary N) is 2. The molecule has 2 N–H and O–H groups in total. The topological polar surface area (TPSA) is 50.4 Å². The van der Waals surface area contributed by atoms with E-state index in [2.05, 4.69) is 29.7 Å². The summed E-state index contributed by atoms with van der Waals surface area (Å²) in [6, 6.07) is 8.64. The summed E-state index contributed by atoms with van der Waals surface area (Å²) in [5.41, 5.74) is 1.21. The molecule has 0 spiro atoms. The van der Waals surface area contributed by atoms with E-state index in [1.165, 1.54) is 5.56 Å². The molecule has 0 radical (unpaired) electrons. The summed E-state index contributed by atoms with van der Waals surface area (Å²) in [4.78, 5) is 11.5. The summed E-state index contributed by atoms with van der Waals surface area (Å²) in [5.74, 6) is 1.12. The van der Waals surface area contributed by atoms with Gasteiger partial charge < -0.3 is 15.4 Å². The van der Waals surface area contributed by atoms with Crippen LogP contribution in [0.15, 0.2) is 24.3 Å². The van der Waals surface area contributed by atoms with Gasteiger partial charge in [-0.2, -0.15) is 0 Å². The van der Waals surface area contributed by atoms with E-state index in [-0.39, 0.29) is 5.91 Å². The van der Waals surface area contributed by atoms with Crippen LogP contribution in [-0.2, 0) is 11.3 Å². The molecule has 0 atom stereocenters. The highest BCUT2D eigenvalue weighted by atomic mass is 16.5. The first kappa shape index (κ1) is 15.8.